The summed E-state index contributed by atoms with van der Waals surface area (Å²) in [6, 6.07) is 15.3. The monoisotopic (exact) mass is 475 g/mol. The lowest BCUT2D eigenvalue weighted by Gasteiger charge is -2.15. The van der Waals surface area contributed by atoms with Gasteiger partial charge in [0.15, 0.2) is 5.96 Å². The SMILES string of the molecule is COCc1ccccc1NC(N)=NCC(OC)c1cccc(Cl)c1.I. The van der Waals surface area contributed by atoms with Crippen molar-refractivity contribution in [3.63, 3.8) is 0 Å². The molecular weight excluding hydrogens is 453 g/mol. The highest BCUT2D eigenvalue weighted by atomic mass is 127. The molecule has 136 valence electrons. The third-order valence-corrected chi connectivity index (χ3v) is 3.75. The van der Waals surface area contributed by atoms with Crippen LogP contribution in [0.15, 0.2) is 53.5 Å². The van der Waals surface area contributed by atoms with E-state index in [1.807, 2.05) is 48.5 Å². The van der Waals surface area contributed by atoms with E-state index in [1.165, 1.54) is 0 Å². The summed E-state index contributed by atoms with van der Waals surface area (Å²) < 4.78 is 10.7. The fourth-order valence-electron chi connectivity index (χ4n) is 2.31. The van der Waals surface area contributed by atoms with E-state index in [1.54, 1.807) is 14.2 Å². The van der Waals surface area contributed by atoms with Gasteiger partial charge in [-0.25, -0.2) is 0 Å². The second-order valence-electron chi connectivity index (χ2n) is 5.22. The molecule has 1 unspecified atom stereocenters. The Morgan fingerprint density at radius 3 is 2.64 bits per heavy atom. The summed E-state index contributed by atoms with van der Waals surface area (Å²) in [5.41, 5.74) is 8.84. The third kappa shape index (κ3) is 6.81. The summed E-state index contributed by atoms with van der Waals surface area (Å²) in [5.74, 6) is 0.322. The number of benzene rings is 2. The molecule has 0 radical (unpaired) electrons. The maximum Gasteiger partial charge on any atom is 0.193 e. The number of nitrogens with one attached hydrogen (secondary N) is 1. The van der Waals surface area contributed by atoms with E-state index in [4.69, 9.17) is 26.8 Å². The molecule has 7 heteroatoms. The number of para-hydroxylation sites is 1. The van der Waals surface area contributed by atoms with E-state index in [0.29, 0.717) is 24.1 Å². The van der Waals surface area contributed by atoms with E-state index in [-0.39, 0.29) is 30.1 Å². The quantitative estimate of drug-likeness (QED) is 0.357. The largest absolute Gasteiger partial charge is 0.380 e. The summed E-state index contributed by atoms with van der Waals surface area (Å²) in [6.45, 7) is 0.891. The van der Waals surface area contributed by atoms with Gasteiger partial charge >= 0.3 is 0 Å². The number of nitrogens with two attached hydrogens (primary N) is 1. The Hall–Kier alpha value is -1.35. The van der Waals surface area contributed by atoms with Crippen LogP contribution in [0.1, 0.15) is 17.2 Å². The van der Waals surface area contributed by atoms with Crippen LogP contribution in [0.25, 0.3) is 0 Å². The average Bonchev–Trinajstić information content (AvgIpc) is 2.57. The number of hydrogen-bond acceptors (Lipinski definition) is 3. The van der Waals surface area contributed by atoms with Gasteiger partial charge in [-0.1, -0.05) is 41.9 Å². The summed E-state index contributed by atoms with van der Waals surface area (Å²) >= 11 is 6.02. The molecule has 25 heavy (non-hydrogen) atoms. The molecule has 2 aromatic carbocycles. The second kappa shape index (κ2) is 11.3. The summed E-state index contributed by atoms with van der Waals surface area (Å²) in [6.07, 6.45) is -0.210. The van der Waals surface area contributed by atoms with Crippen LogP contribution >= 0.6 is 35.6 Å². The van der Waals surface area contributed by atoms with Crippen molar-refractivity contribution >= 4 is 47.2 Å². The minimum Gasteiger partial charge on any atom is -0.380 e. The predicted octanol–water partition coefficient (Wildman–Crippen LogP) is 4.22. The summed E-state index contributed by atoms with van der Waals surface area (Å²) in [4.78, 5) is 4.37. The minimum absolute atomic E-state index is 0. The van der Waals surface area contributed by atoms with Crippen LogP contribution in [0.2, 0.25) is 5.02 Å². The van der Waals surface area contributed by atoms with Crippen LogP contribution in [0.3, 0.4) is 0 Å². The van der Waals surface area contributed by atoms with E-state index >= 15 is 0 Å². The highest BCUT2D eigenvalue weighted by Crippen LogP contribution is 2.21. The highest BCUT2D eigenvalue weighted by Gasteiger charge is 2.11. The van der Waals surface area contributed by atoms with Crippen LogP contribution in [0.4, 0.5) is 5.69 Å². The molecule has 0 fully saturated rings. The van der Waals surface area contributed by atoms with Crippen molar-refractivity contribution in [2.24, 2.45) is 10.7 Å². The van der Waals surface area contributed by atoms with Crippen molar-refractivity contribution in [1.29, 1.82) is 0 Å². The van der Waals surface area contributed by atoms with Crippen molar-refractivity contribution in [1.82, 2.24) is 0 Å². The van der Waals surface area contributed by atoms with Crippen LogP contribution in [-0.4, -0.2) is 26.7 Å². The molecule has 0 aliphatic heterocycles. The minimum atomic E-state index is -0.210. The van der Waals surface area contributed by atoms with Gasteiger partial charge in [-0.3, -0.25) is 4.99 Å². The number of ether oxygens (including phenoxy) is 2. The fourth-order valence-corrected chi connectivity index (χ4v) is 2.50. The van der Waals surface area contributed by atoms with Gasteiger partial charge in [0.1, 0.15) is 6.10 Å². The number of halogens is 2. The van der Waals surface area contributed by atoms with Gasteiger partial charge in [-0.05, 0) is 23.8 Å². The topological polar surface area (TPSA) is 68.9 Å². The van der Waals surface area contributed by atoms with Crippen molar-refractivity contribution in [3.8, 4) is 0 Å². The van der Waals surface area contributed by atoms with Crippen LogP contribution in [0, 0.1) is 0 Å². The van der Waals surface area contributed by atoms with E-state index in [0.717, 1.165) is 16.8 Å². The molecule has 0 heterocycles. The Labute approximate surface area is 170 Å². The Bertz CT molecular complexity index is 698. The maximum atomic E-state index is 6.02. The number of methoxy groups -OCH3 is 2. The number of aliphatic imine (C=N–C) groups is 1. The van der Waals surface area contributed by atoms with Gasteiger partial charge in [0, 0.05) is 30.5 Å². The van der Waals surface area contributed by atoms with Gasteiger partial charge in [0.25, 0.3) is 0 Å². The Kier molecular flexibility index (Phi) is 9.81. The van der Waals surface area contributed by atoms with E-state index in [9.17, 15) is 0 Å². The molecule has 0 saturated heterocycles. The van der Waals surface area contributed by atoms with Crippen LogP contribution in [-0.2, 0) is 16.1 Å². The standard InChI is InChI=1S/C18H22ClN3O2.HI/c1-23-12-14-6-3-4-9-16(14)22-18(20)21-11-17(24-2)13-7-5-8-15(19)10-13;/h3-10,17H,11-12H2,1-2H3,(H3,20,21,22);1H. The van der Waals surface area contributed by atoms with Crippen molar-refractivity contribution < 1.29 is 9.47 Å². The fraction of sp³-hybridized carbons (Fsp3) is 0.278. The first-order valence-corrected chi connectivity index (χ1v) is 7.94. The lowest BCUT2D eigenvalue weighted by atomic mass is 10.1. The van der Waals surface area contributed by atoms with Crippen LogP contribution in [0.5, 0.6) is 0 Å². The zero-order valence-corrected chi connectivity index (χ0v) is 17.3. The second-order valence-corrected chi connectivity index (χ2v) is 5.66. The van der Waals surface area contributed by atoms with Gasteiger partial charge in [-0.15, -0.1) is 24.0 Å². The Morgan fingerprint density at radius 1 is 1.20 bits per heavy atom. The number of guanidine groups is 1. The maximum absolute atomic E-state index is 6.02. The van der Waals surface area contributed by atoms with Crippen LogP contribution < -0.4 is 11.1 Å². The molecule has 0 bridgehead atoms. The van der Waals surface area contributed by atoms with Gasteiger partial charge in [0.2, 0.25) is 0 Å². The van der Waals surface area contributed by atoms with E-state index in [2.05, 4.69) is 10.3 Å². The van der Waals surface area contributed by atoms with Crippen molar-refractivity contribution in [2.45, 2.75) is 12.7 Å². The average molecular weight is 476 g/mol. The molecule has 0 aliphatic rings. The molecule has 0 aromatic heterocycles. The predicted molar refractivity (Wildman–Crippen MR) is 114 cm³/mol. The van der Waals surface area contributed by atoms with Crippen molar-refractivity contribution in [2.75, 3.05) is 26.1 Å². The lowest BCUT2D eigenvalue weighted by Crippen LogP contribution is -2.24. The first-order valence-electron chi connectivity index (χ1n) is 7.56. The Balaban J connectivity index is 0.00000312. The molecule has 5 nitrogen and oxygen atoms in total. The summed E-state index contributed by atoms with van der Waals surface area (Å²) in [7, 11) is 3.29. The molecule has 2 aromatic rings. The normalized spacial score (nSPS) is 12.4. The van der Waals surface area contributed by atoms with Gasteiger partial charge < -0.3 is 20.5 Å². The highest BCUT2D eigenvalue weighted by molar-refractivity contribution is 14.0. The zero-order chi connectivity index (χ0) is 17.4. The number of rotatable bonds is 7. The number of hydrogen-bond donors (Lipinski definition) is 2. The third-order valence-electron chi connectivity index (χ3n) is 3.51. The molecule has 3 N–H and O–H groups in total. The molecule has 0 amide bonds. The molecule has 1 atom stereocenters. The first-order chi connectivity index (χ1) is 11.6. The molecular formula is C18H23ClIN3O2. The molecule has 0 spiro atoms. The smallest absolute Gasteiger partial charge is 0.193 e. The van der Waals surface area contributed by atoms with Gasteiger partial charge in [-0.2, -0.15) is 0 Å². The van der Waals surface area contributed by atoms with Gasteiger partial charge in [0.05, 0.1) is 13.2 Å². The Morgan fingerprint density at radius 2 is 1.96 bits per heavy atom. The molecule has 0 aliphatic carbocycles. The van der Waals surface area contributed by atoms with E-state index < -0.39 is 0 Å². The first kappa shape index (κ1) is 21.7. The number of anilines is 1. The zero-order valence-electron chi connectivity index (χ0n) is 14.2. The lowest BCUT2D eigenvalue weighted by molar-refractivity contribution is 0.111. The van der Waals surface area contributed by atoms with Crippen molar-refractivity contribution in [3.05, 3.63) is 64.7 Å². The molecule has 0 saturated carbocycles. The number of nitrogens with zero attached hydrogens (tertiary/aromatic N) is 1. The molecule has 2 rings (SSSR count). The summed E-state index contributed by atoms with van der Waals surface area (Å²) in [5, 5.41) is 3.77.